The molecule has 3 N–H and O–H groups in total. The van der Waals surface area contributed by atoms with Crippen molar-refractivity contribution in [1.82, 2.24) is 20.3 Å². The van der Waals surface area contributed by atoms with Crippen LogP contribution in [-0.2, 0) is 4.79 Å². The third-order valence-corrected chi connectivity index (χ3v) is 3.87. The summed E-state index contributed by atoms with van der Waals surface area (Å²) in [4.78, 5) is 32.3. The Morgan fingerprint density at radius 1 is 1.23 bits per heavy atom. The summed E-state index contributed by atoms with van der Waals surface area (Å²) >= 11 is 0. The second-order valence-electron chi connectivity index (χ2n) is 5.43. The van der Waals surface area contributed by atoms with Crippen LogP contribution in [-0.4, -0.2) is 33.5 Å². The van der Waals surface area contributed by atoms with Gasteiger partial charge in [0.1, 0.15) is 6.61 Å². The largest absolute Gasteiger partial charge is 0.475 e. The van der Waals surface area contributed by atoms with Gasteiger partial charge in [-0.1, -0.05) is 0 Å². The Bertz CT molecular complexity index is 927. The van der Waals surface area contributed by atoms with Gasteiger partial charge in [0.25, 0.3) is 0 Å². The number of ether oxygens (including phenoxy) is 1. The zero-order valence-corrected chi connectivity index (χ0v) is 11.7. The van der Waals surface area contributed by atoms with Gasteiger partial charge in [0.2, 0.25) is 11.8 Å². The minimum Gasteiger partial charge on any atom is -0.475 e. The van der Waals surface area contributed by atoms with Gasteiger partial charge in [-0.3, -0.25) is 4.79 Å². The number of fused-ring (bicyclic) bond motifs is 2. The van der Waals surface area contributed by atoms with Crippen LogP contribution in [0, 0.1) is 0 Å². The second kappa shape index (κ2) is 4.87. The van der Waals surface area contributed by atoms with E-state index in [-0.39, 0.29) is 17.6 Å². The van der Waals surface area contributed by atoms with Crippen LogP contribution < -0.4 is 15.7 Å². The summed E-state index contributed by atoms with van der Waals surface area (Å²) in [7, 11) is 0. The number of aromatic nitrogens is 3. The Morgan fingerprint density at radius 2 is 2.05 bits per heavy atom. The van der Waals surface area contributed by atoms with E-state index in [0.29, 0.717) is 24.4 Å². The van der Waals surface area contributed by atoms with Gasteiger partial charge in [0.15, 0.2) is 0 Å². The van der Waals surface area contributed by atoms with Gasteiger partial charge in [-0.2, -0.15) is 0 Å². The molecule has 1 unspecified atom stereocenters. The number of H-pyrrole nitrogens is 2. The Hall–Kier alpha value is -2.83. The van der Waals surface area contributed by atoms with E-state index in [0.717, 1.165) is 22.7 Å². The number of nitrogens with zero attached hydrogens (tertiary/aromatic N) is 1. The molecule has 112 valence electrons. The molecule has 0 saturated carbocycles. The molecule has 1 aliphatic rings. The van der Waals surface area contributed by atoms with Crippen LogP contribution in [0.1, 0.15) is 12.8 Å². The number of amides is 1. The first-order chi connectivity index (χ1) is 10.7. The molecule has 7 nitrogen and oxygen atoms in total. The number of pyridine rings is 1. The lowest BCUT2D eigenvalue weighted by Crippen LogP contribution is -2.31. The first kappa shape index (κ1) is 12.9. The van der Waals surface area contributed by atoms with Gasteiger partial charge >= 0.3 is 5.69 Å². The molecule has 22 heavy (non-hydrogen) atoms. The maximum absolute atomic E-state index is 11.4. The van der Waals surface area contributed by atoms with E-state index in [2.05, 4.69) is 20.3 Å². The summed E-state index contributed by atoms with van der Waals surface area (Å²) in [5.74, 6) is 0.564. The molecule has 2 aromatic heterocycles. The lowest BCUT2D eigenvalue weighted by Gasteiger charge is -2.12. The number of carbonyl (C=O) groups excluding carboxylic acids is 1. The highest BCUT2D eigenvalue weighted by Gasteiger charge is 2.21. The van der Waals surface area contributed by atoms with Crippen LogP contribution in [0.5, 0.6) is 5.88 Å². The van der Waals surface area contributed by atoms with Crippen LogP contribution in [0.4, 0.5) is 0 Å². The van der Waals surface area contributed by atoms with Crippen molar-refractivity contribution >= 4 is 27.7 Å². The average Bonchev–Trinajstić information content (AvgIpc) is 3.06. The molecular weight excluding hydrogens is 284 g/mol. The SMILES string of the molecule is O=C1CCC(COc2nccc3cc4[nH]c(=O)[nH]c4cc23)N1. The number of hydrogen-bond acceptors (Lipinski definition) is 4. The normalized spacial score (nSPS) is 18.0. The van der Waals surface area contributed by atoms with E-state index in [4.69, 9.17) is 4.74 Å². The molecule has 0 bridgehead atoms. The van der Waals surface area contributed by atoms with Gasteiger partial charge in [-0.25, -0.2) is 9.78 Å². The average molecular weight is 298 g/mol. The predicted molar refractivity (Wildman–Crippen MR) is 80.9 cm³/mol. The molecule has 1 amide bonds. The quantitative estimate of drug-likeness (QED) is 0.673. The minimum absolute atomic E-state index is 0.0281. The molecule has 3 heterocycles. The number of benzene rings is 1. The molecule has 1 saturated heterocycles. The highest BCUT2D eigenvalue weighted by Crippen LogP contribution is 2.26. The lowest BCUT2D eigenvalue weighted by molar-refractivity contribution is -0.119. The fourth-order valence-corrected chi connectivity index (χ4v) is 2.77. The monoisotopic (exact) mass is 298 g/mol. The van der Waals surface area contributed by atoms with E-state index in [1.807, 2.05) is 18.2 Å². The van der Waals surface area contributed by atoms with E-state index < -0.39 is 0 Å². The molecule has 4 rings (SSSR count). The van der Waals surface area contributed by atoms with Crippen molar-refractivity contribution in [3.05, 3.63) is 34.9 Å². The predicted octanol–water partition coefficient (Wildman–Crippen LogP) is 1.06. The maximum atomic E-state index is 11.4. The Balaban J connectivity index is 1.69. The molecule has 1 atom stereocenters. The van der Waals surface area contributed by atoms with E-state index in [9.17, 15) is 9.59 Å². The molecule has 0 aliphatic carbocycles. The first-order valence-electron chi connectivity index (χ1n) is 7.12. The molecule has 0 radical (unpaired) electrons. The Labute approximate surface area is 124 Å². The second-order valence-corrected chi connectivity index (χ2v) is 5.43. The van der Waals surface area contributed by atoms with Crippen molar-refractivity contribution in [3.8, 4) is 5.88 Å². The summed E-state index contributed by atoms with van der Waals surface area (Å²) in [5, 5.41) is 4.62. The number of carbonyl (C=O) groups is 1. The lowest BCUT2D eigenvalue weighted by atomic mass is 10.1. The van der Waals surface area contributed by atoms with Crippen molar-refractivity contribution in [2.75, 3.05) is 6.61 Å². The number of rotatable bonds is 3. The van der Waals surface area contributed by atoms with Gasteiger partial charge in [-0.05, 0) is 30.0 Å². The van der Waals surface area contributed by atoms with Crippen molar-refractivity contribution in [3.63, 3.8) is 0 Å². The Kier molecular flexibility index (Phi) is 2.85. The van der Waals surface area contributed by atoms with Crippen molar-refractivity contribution in [1.29, 1.82) is 0 Å². The molecule has 1 fully saturated rings. The number of hydrogen-bond donors (Lipinski definition) is 3. The molecule has 1 aliphatic heterocycles. The summed E-state index contributed by atoms with van der Waals surface area (Å²) in [6.45, 7) is 0.388. The smallest absolute Gasteiger partial charge is 0.323 e. The third kappa shape index (κ3) is 2.20. The highest BCUT2D eigenvalue weighted by molar-refractivity contribution is 5.97. The fourth-order valence-electron chi connectivity index (χ4n) is 2.77. The zero-order valence-electron chi connectivity index (χ0n) is 11.7. The number of aromatic amines is 2. The van der Waals surface area contributed by atoms with Crippen LogP contribution in [0.3, 0.4) is 0 Å². The minimum atomic E-state index is -0.241. The maximum Gasteiger partial charge on any atom is 0.323 e. The molecular formula is C15H14N4O3. The first-order valence-corrected chi connectivity index (χ1v) is 7.12. The molecule has 3 aromatic rings. The summed E-state index contributed by atoms with van der Waals surface area (Å²) < 4.78 is 5.78. The molecule has 7 heteroatoms. The third-order valence-electron chi connectivity index (χ3n) is 3.87. The fraction of sp³-hybridized carbons (Fsp3) is 0.267. The van der Waals surface area contributed by atoms with Crippen molar-refractivity contribution < 1.29 is 9.53 Å². The summed E-state index contributed by atoms with van der Waals surface area (Å²) in [6, 6.07) is 5.62. The van der Waals surface area contributed by atoms with Gasteiger partial charge in [0.05, 0.1) is 17.1 Å². The van der Waals surface area contributed by atoms with E-state index in [1.54, 1.807) is 6.20 Å². The van der Waals surface area contributed by atoms with Crippen LogP contribution in [0.15, 0.2) is 29.2 Å². The van der Waals surface area contributed by atoms with Crippen LogP contribution in [0.25, 0.3) is 21.8 Å². The summed E-state index contributed by atoms with van der Waals surface area (Å²) in [5.41, 5.74) is 1.22. The van der Waals surface area contributed by atoms with Crippen LogP contribution >= 0.6 is 0 Å². The molecule has 1 aromatic carbocycles. The van der Waals surface area contributed by atoms with Crippen LogP contribution in [0.2, 0.25) is 0 Å². The standard InChI is InChI=1S/C15H14N4O3/c20-13-2-1-9(17-13)7-22-14-10-6-12-11(18-15(21)19-12)5-8(10)3-4-16-14/h3-6,9H,1-2,7H2,(H,17,20)(H2,18,19,21). The Morgan fingerprint density at radius 3 is 2.82 bits per heavy atom. The van der Waals surface area contributed by atoms with Gasteiger partial charge in [0, 0.05) is 18.0 Å². The van der Waals surface area contributed by atoms with Gasteiger partial charge < -0.3 is 20.0 Å². The summed E-state index contributed by atoms with van der Waals surface area (Å²) in [6.07, 6.45) is 2.99. The highest BCUT2D eigenvalue weighted by atomic mass is 16.5. The van der Waals surface area contributed by atoms with E-state index >= 15 is 0 Å². The molecule has 0 spiro atoms. The van der Waals surface area contributed by atoms with Crippen molar-refractivity contribution in [2.45, 2.75) is 18.9 Å². The zero-order chi connectivity index (χ0) is 15.1. The number of nitrogens with one attached hydrogen (secondary N) is 3. The van der Waals surface area contributed by atoms with Crippen molar-refractivity contribution in [2.24, 2.45) is 0 Å². The van der Waals surface area contributed by atoms with Gasteiger partial charge in [-0.15, -0.1) is 0 Å². The van der Waals surface area contributed by atoms with E-state index in [1.165, 1.54) is 0 Å². The topological polar surface area (TPSA) is 99.9 Å². The number of imidazole rings is 1.